The minimum absolute atomic E-state index is 0.610. The highest BCUT2D eigenvalue weighted by Crippen LogP contribution is 2.35. The van der Waals surface area contributed by atoms with Crippen molar-refractivity contribution < 1.29 is 14.2 Å². The molecule has 0 aliphatic heterocycles. The van der Waals surface area contributed by atoms with Crippen molar-refractivity contribution in [3.8, 4) is 0 Å². The third-order valence-corrected chi connectivity index (χ3v) is 4.82. The van der Waals surface area contributed by atoms with Crippen molar-refractivity contribution in [2.45, 2.75) is 33.2 Å². The normalized spacial score (nSPS) is 10.9. The van der Waals surface area contributed by atoms with E-state index in [1.54, 1.807) is 14.2 Å². The quantitative estimate of drug-likeness (QED) is 0.347. The molecule has 4 heteroatoms. The number of anilines is 3. The summed E-state index contributed by atoms with van der Waals surface area (Å²) in [5.74, 6) is 0. The number of hydrogen-bond acceptors (Lipinski definition) is 4. The molecule has 4 nitrogen and oxygen atoms in total. The van der Waals surface area contributed by atoms with Crippen molar-refractivity contribution in [1.82, 2.24) is 0 Å². The van der Waals surface area contributed by atoms with E-state index < -0.39 is 0 Å². The van der Waals surface area contributed by atoms with Gasteiger partial charge < -0.3 is 19.1 Å². The molecule has 0 aliphatic rings. The first-order chi connectivity index (χ1) is 14.7. The third kappa shape index (κ3) is 5.92. The highest BCUT2D eigenvalue weighted by Gasteiger charge is 2.13. The number of hydrogen-bond donors (Lipinski definition) is 0. The molecule has 3 rings (SSSR count). The monoisotopic (exact) mass is 405 g/mol. The van der Waals surface area contributed by atoms with Gasteiger partial charge in [-0.3, -0.25) is 0 Å². The molecule has 0 saturated carbocycles. The lowest BCUT2D eigenvalue weighted by molar-refractivity contribution is 0.121. The van der Waals surface area contributed by atoms with E-state index in [1.807, 2.05) is 0 Å². The van der Waals surface area contributed by atoms with Crippen molar-refractivity contribution >= 4 is 17.1 Å². The second-order valence-electron chi connectivity index (χ2n) is 7.25. The summed E-state index contributed by atoms with van der Waals surface area (Å²) in [5.41, 5.74) is 6.79. The summed E-state index contributed by atoms with van der Waals surface area (Å²) < 4.78 is 16.2. The summed E-state index contributed by atoms with van der Waals surface area (Å²) in [6.07, 6.45) is 1.03. The maximum atomic E-state index is 5.67. The number of ether oxygens (including phenoxy) is 3. The number of methoxy groups -OCH3 is 2. The highest BCUT2D eigenvalue weighted by molar-refractivity contribution is 5.76. The molecule has 0 fully saturated rings. The molecule has 0 N–H and O–H groups in total. The smallest absolute Gasteiger partial charge is 0.0716 e. The van der Waals surface area contributed by atoms with E-state index in [0.717, 1.165) is 41.2 Å². The van der Waals surface area contributed by atoms with Crippen LogP contribution in [-0.2, 0) is 34.0 Å². The van der Waals surface area contributed by atoms with E-state index in [0.29, 0.717) is 19.8 Å². The second-order valence-corrected chi connectivity index (χ2v) is 7.25. The first-order valence-corrected chi connectivity index (χ1v) is 10.4. The molecule has 0 spiro atoms. The van der Waals surface area contributed by atoms with Crippen molar-refractivity contribution in [2.24, 2.45) is 0 Å². The van der Waals surface area contributed by atoms with Crippen LogP contribution in [0.1, 0.15) is 30.0 Å². The van der Waals surface area contributed by atoms with E-state index in [4.69, 9.17) is 14.2 Å². The first kappa shape index (κ1) is 22.0. The fraction of sp³-hybridized carbons (Fsp3) is 0.308. The topological polar surface area (TPSA) is 30.9 Å². The molecular formula is C26H31NO3. The molecule has 0 aromatic heterocycles. The van der Waals surface area contributed by atoms with Crippen LogP contribution in [0.3, 0.4) is 0 Å². The van der Waals surface area contributed by atoms with E-state index in [2.05, 4.69) is 84.6 Å². The van der Waals surface area contributed by atoms with E-state index in [1.165, 1.54) is 5.56 Å². The summed E-state index contributed by atoms with van der Waals surface area (Å²) in [5, 5.41) is 0. The van der Waals surface area contributed by atoms with Crippen LogP contribution in [0, 0.1) is 0 Å². The molecule has 0 amide bonds. The molecular weight excluding hydrogens is 374 g/mol. The number of benzene rings is 3. The van der Waals surface area contributed by atoms with Gasteiger partial charge in [-0.25, -0.2) is 0 Å². The molecule has 0 saturated heterocycles. The van der Waals surface area contributed by atoms with Crippen LogP contribution in [0.25, 0.3) is 0 Å². The Morgan fingerprint density at radius 2 is 0.933 bits per heavy atom. The van der Waals surface area contributed by atoms with Gasteiger partial charge in [-0.1, -0.05) is 43.3 Å². The summed E-state index contributed by atoms with van der Waals surface area (Å²) in [7, 11) is 3.43. The zero-order valence-electron chi connectivity index (χ0n) is 18.1. The molecule has 158 valence electrons. The van der Waals surface area contributed by atoms with Crippen molar-refractivity contribution in [1.29, 1.82) is 0 Å². The van der Waals surface area contributed by atoms with Crippen LogP contribution < -0.4 is 4.90 Å². The van der Waals surface area contributed by atoms with Crippen LogP contribution in [0.2, 0.25) is 0 Å². The molecule has 3 aromatic carbocycles. The van der Waals surface area contributed by atoms with Gasteiger partial charge in [0, 0.05) is 37.9 Å². The summed E-state index contributed by atoms with van der Waals surface area (Å²) in [6, 6.07) is 25.5. The molecule has 0 atom stereocenters. The molecule has 0 heterocycles. The average Bonchev–Trinajstić information content (AvgIpc) is 2.78. The Morgan fingerprint density at radius 3 is 1.27 bits per heavy atom. The second kappa shape index (κ2) is 11.5. The average molecular weight is 406 g/mol. The fourth-order valence-electron chi connectivity index (χ4n) is 3.34. The summed E-state index contributed by atoms with van der Waals surface area (Å²) in [4.78, 5) is 2.25. The molecule has 0 unspecified atom stereocenters. The van der Waals surface area contributed by atoms with Crippen molar-refractivity contribution in [2.75, 3.05) is 25.7 Å². The number of rotatable bonds is 11. The van der Waals surface area contributed by atoms with Crippen LogP contribution in [-0.4, -0.2) is 20.8 Å². The lowest BCUT2D eigenvalue weighted by atomic mass is 10.1. The van der Waals surface area contributed by atoms with E-state index >= 15 is 0 Å². The lowest BCUT2D eigenvalue weighted by Crippen LogP contribution is -2.10. The van der Waals surface area contributed by atoms with Crippen LogP contribution >= 0.6 is 0 Å². The van der Waals surface area contributed by atoms with Gasteiger partial charge in [0.25, 0.3) is 0 Å². The zero-order valence-corrected chi connectivity index (χ0v) is 18.1. The summed E-state index contributed by atoms with van der Waals surface area (Å²) >= 11 is 0. The fourth-order valence-corrected chi connectivity index (χ4v) is 3.34. The Kier molecular flexibility index (Phi) is 8.45. The Labute approximate surface area is 180 Å². The van der Waals surface area contributed by atoms with Crippen molar-refractivity contribution in [3.63, 3.8) is 0 Å². The predicted molar refractivity (Wildman–Crippen MR) is 122 cm³/mol. The van der Waals surface area contributed by atoms with Gasteiger partial charge in [-0.2, -0.15) is 0 Å². The summed E-state index contributed by atoms with van der Waals surface area (Å²) in [6.45, 7) is 4.77. The van der Waals surface area contributed by atoms with Crippen molar-refractivity contribution in [3.05, 3.63) is 89.5 Å². The lowest BCUT2D eigenvalue weighted by Gasteiger charge is -2.26. The molecule has 0 aliphatic carbocycles. The number of nitrogens with zero attached hydrogens (tertiary/aromatic N) is 1. The standard InChI is InChI=1S/C26H31NO3/c1-4-17-30-20-23-9-15-26(16-10-23)27(24-11-5-21(6-12-24)18-28-2)25-13-7-22(8-14-25)19-29-3/h5-16H,4,17-20H2,1-3H3. The van der Waals surface area contributed by atoms with Crippen LogP contribution in [0.5, 0.6) is 0 Å². The Morgan fingerprint density at radius 1 is 0.567 bits per heavy atom. The first-order valence-electron chi connectivity index (χ1n) is 10.4. The Bertz CT molecular complexity index is 824. The zero-order chi connectivity index (χ0) is 21.2. The Hall–Kier alpha value is -2.66. The third-order valence-electron chi connectivity index (χ3n) is 4.82. The minimum atomic E-state index is 0.610. The van der Waals surface area contributed by atoms with Crippen LogP contribution in [0.15, 0.2) is 72.8 Å². The molecule has 3 aromatic rings. The largest absolute Gasteiger partial charge is 0.380 e. The molecule has 0 bridgehead atoms. The molecule has 0 radical (unpaired) electrons. The van der Waals surface area contributed by atoms with Gasteiger partial charge in [0.05, 0.1) is 19.8 Å². The minimum Gasteiger partial charge on any atom is -0.380 e. The van der Waals surface area contributed by atoms with E-state index in [9.17, 15) is 0 Å². The molecule has 30 heavy (non-hydrogen) atoms. The predicted octanol–water partition coefficient (Wildman–Crippen LogP) is 6.38. The van der Waals surface area contributed by atoms with E-state index in [-0.39, 0.29) is 0 Å². The SMILES string of the molecule is CCCOCc1ccc(N(c2ccc(COC)cc2)c2ccc(COC)cc2)cc1. The van der Waals surface area contributed by atoms with Gasteiger partial charge in [-0.15, -0.1) is 0 Å². The van der Waals surface area contributed by atoms with Gasteiger partial charge in [0.1, 0.15) is 0 Å². The maximum Gasteiger partial charge on any atom is 0.0716 e. The van der Waals surface area contributed by atoms with Crippen LogP contribution in [0.4, 0.5) is 17.1 Å². The van der Waals surface area contributed by atoms with Gasteiger partial charge in [0.15, 0.2) is 0 Å². The highest BCUT2D eigenvalue weighted by atomic mass is 16.5. The van der Waals surface area contributed by atoms with Gasteiger partial charge >= 0.3 is 0 Å². The Balaban J connectivity index is 1.90. The van der Waals surface area contributed by atoms with Gasteiger partial charge in [0.2, 0.25) is 0 Å². The maximum absolute atomic E-state index is 5.67. The van der Waals surface area contributed by atoms with Gasteiger partial charge in [-0.05, 0) is 59.5 Å².